The van der Waals surface area contributed by atoms with Crippen LogP contribution in [0.15, 0.2) is 42.6 Å². The second-order valence-corrected chi connectivity index (χ2v) is 5.61. The van der Waals surface area contributed by atoms with Crippen molar-refractivity contribution >= 4 is 17.2 Å². The average molecular weight is 372 g/mol. The van der Waals surface area contributed by atoms with Crippen molar-refractivity contribution in [3.63, 3.8) is 0 Å². The van der Waals surface area contributed by atoms with Gasteiger partial charge in [0.05, 0.1) is 29.4 Å². The van der Waals surface area contributed by atoms with Crippen LogP contribution in [0.2, 0.25) is 0 Å². The number of hydrogen-bond acceptors (Lipinski definition) is 2. The molecule has 0 aliphatic heterocycles. The van der Waals surface area contributed by atoms with Gasteiger partial charge >= 0.3 is 12.4 Å². The van der Waals surface area contributed by atoms with Crippen LogP contribution in [0.25, 0.3) is 10.9 Å². The van der Waals surface area contributed by atoms with Gasteiger partial charge in [-0.15, -0.1) is 0 Å². The zero-order valence-corrected chi connectivity index (χ0v) is 12.9. The largest absolute Gasteiger partial charge is 0.416 e. The molecule has 3 rings (SSSR count). The second kappa shape index (κ2) is 6.15. The first kappa shape index (κ1) is 18.0. The smallest absolute Gasteiger partial charge is 0.298 e. The molecule has 136 valence electrons. The van der Waals surface area contributed by atoms with Crippen molar-refractivity contribution in [2.24, 2.45) is 0 Å². The summed E-state index contributed by atoms with van der Waals surface area (Å²) in [6, 6.07) is 6.03. The predicted octanol–water partition coefficient (Wildman–Crippen LogP) is 4.93. The Kier molecular flexibility index (Phi) is 4.25. The topological polar surface area (TPSA) is 34.9 Å². The number of benzene rings is 2. The molecule has 26 heavy (non-hydrogen) atoms. The van der Waals surface area contributed by atoms with E-state index in [0.717, 1.165) is 6.07 Å². The van der Waals surface area contributed by atoms with Crippen LogP contribution in [-0.2, 0) is 18.9 Å². The number of fused-ring (bicyclic) bond motifs is 1. The molecule has 0 atom stereocenters. The highest BCUT2D eigenvalue weighted by atomic mass is 19.4. The minimum atomic E-state index is -4.94. The van der Waals surface area contributed by atoms with Crippen LogP contribution in [0.5, 0.6) is 0 Å². The molecular formula is C17H10F6N2O. The summed E-state index contributed by atoms with van der Waals surface area (Å²) in [5.41, 5.74) is -2.23. The number of rotatable bonds is 3. The van der Waals surface area contributed by atoms with Crippen LogP contribution in [0.1, 0.15) is 27.0 Å². The van der Waals surface area contributed by atoms with Crippen molar-refractivity contribution in [1.82, 2.24) is 9.78 Å². The molecule has 0 N–H and O–H groups in total. The number of aromatic nitrogens is 2. The van der Waals surface area contributed by atoms with E-state index in [-0.39, 0.29) is 18.2 Å². The quantitative estimate of drug-likeness (QED) is 0.482. The second-order valence-electron chi connectivity index (χ2n) is 5.61. The van der Waals surface area contributed by atoms with Crippen LogP contribution in [0.3, 0.4) is 0 Å². The molecular weight excluding hydrogens is 362 g/mol. The van der Waals surface area contributed by atoms with E-state index in [0.29, 0.717) is 28.8 Å². The van der Waals surface area contributed by atoms with Crippen LogP contribution >= 0.6 is 0 Å². The molecule has 0 amide bonds. The third-order valence-corrected chi connectivity index (χ3v) is 3.86. The fourth-order valence-electron chi connectivity index (χ4n) is 2.62. The number of carbonyl (C=O) groups excluding carboxylic acids is 1. The molecule has 0 bridgehead atoms. The van der Waals surface area contributed by atoms with Crippen molar-refractivity contribution in [3.8, 4) is 0 Å². The highest BCUT2D eigenvalue weighted by molar-refractivity contribution is 5.86. The SMILES string of the molecule is O=Cc1ccc2c(cnn2Cc2ccc(C(F)(F)F)cc2C(F)(F)F)c1. The van der Waals surface area contributed by atoms with Gasteiger partial charge in [-0.25, -0.2) is 0 Å². The highest BCUT2D eigenvalue weighted by Gasteiger charge is 2.38. The summed E-state index contributed by atoms with van der Waals surface area (Å²) in [5, 5.41) is 4.51. The van der Waals surface area contributed by atoms with E-state index in [9.17, 15) is 31.1 Å². The molecule has 0 aliphatic carbocycles. The van der Waals surface area contributed by atoms with Gasteiger partial charge in [0.15, 0.2) is 0 Å². The molecule has 1 heterocycles. The van der Waals surface area contributed by atoms with E-state index in [1.165, 1.54) is 29.1 Å². The van der Waals surface area contributed by atoms with E-state index in [4.69, 9.17) is 0 Å². The van der Waals surface area contributed by atoms with Gasteiger partial charge in [-0.3, -0.25) is 9.48 Å². The first-order chi connectivity index (χ1) is 12.1. The highest BCUT2D eigenvalue weighted by Crippen LogP contribution is 2.37. The molecule has 0 aliphatic rings. The van der Waals surface area contributed by atoms with Gasteiger partial charge in [-0.05, 0) is 35.9 Å². The molecule has 0 spiro atoms. The summed E-state index contributed by atoms with van der Waals surface area (Å²) in [6.45, 7) is -0.364. The molecule has 0 fully saturated rings. The lowest BCUT2D eigenvalue weighted by molar-refractivity contribution is -0.143. The molecule has 0 unspecified atom stereocenters. The van der Waals surface area contributed by atoms with Crippen LogP contribution in [0, 0.1) is 0 Å². The number of alkyl halides is 6. The van der Waals surface area contributed by atoms with Crippen LogP contribution in [-0.4, -0.2) is 16.1 Å². The summed E-state index contributed by atoms with van der Waals surface area (Å²) in [4.78, 5) is 10.8. The first-order valence-corrected chi connectivity index (χ1v) is 7.27. The minimum Gasteiger partial charge on any atom is -0.298 e. The van der Waals surface area contributed by atoms with Gasteiger partial charge in [0.2, 0.25) is 0 Å². The molecule has 9 heteroatoms. The Bertz CT molecular complexity index is 972. The summed E-state index contributed by atoms with van der Waals surface area (Å²) < 4.78 is 79.1. The van der Waals surface area contributed by atoms with Crippen molar-refractivity contribution in [2.75, 3.05) is 0 Å². The molecule has 0 saturated carbocycles. The maximum atomic E-state index is 13.2. The van der Waals surface area contributed by atoms with E-state index in [1.807, 2.05) is 0 Å². The van der Waals surface area contributed by atoms with E-state index in [2.05, 4.69) is 5.10 Å². The van der Waals surface area contributed by atoms with Gasteiger partial charge in [-0.2, -0.15) is 31.4 Å². The van der Waals surface area contributed by atoms with Gasteiger partial charge in [0, 0.05) is 10.9 Å². The third kappa shape index (κ3) is 3.42. The number of hydrogen-bond donors (Lipinski definition) is 0. The lowest BCUT2D eigenvalue weighted by Crippen LogP contribution is -2.15. The number of halogens is 6. The molecule has 2 aromatic carbocycles. The van der Waals surface area contributed by atoms with Gasteiger partial charge in [-0.1, -0.05) is 6.07 Å². The number of aldehydes is 1. The summed E-state index contributed by atoms with van der Waals surface area (Å²) in [5.74, 6) is 0. The maximum Gasteiger partial charge on any atom is 0.416 e. The predicted molar refractivity (Wildman–Crippen MR) is 80.7 cm³/mol. The molecule has 0 radical (unpaired) electrons. The lowest BCUT2D eigenvalue weighted by atomic mass is 10.0. The zero-order chi connectivity index (χ0) is 19.1. The average Bonchev–Trinajstić information content (AvgIpc) is 2.95. The van der Waals surface area contributed by atoms with Crippen molar-refractivity contribution in [2.45, 2.75) is 18.9 Å². The van der Waals surface area contributed by atoms with Gasteiger partial charge < -0.3 is 0 Å². The van der Waals surface area contributed by atoms with Gasteiger partial charge in [0.1, 0.15) is 6.29 Å². The van der Waals surface area contributed by atoms with E-state index >= 15 is 0 Å². The molecule has 1 aromatic heterocycles. The molecule has 0 saturated heterocycles. The Morgan fingerprint density at radius 2 is 1.69 bits per heavy atom. The standard InChI is InChI=1S/C17H10F6N2O/c18-16(19,20)13-3-2-11(14(6-13)17(21,22)23)8-25-15-4-1-10(9-26)5-12(15)7-24-25/h1-7,9H,8H2. The van der Waals surface area contributed by atoms with Crippen molar-refractivity contribution in [1.29, 1.82) is 0 Å². The Labute approximate surface area is 142 Å². The lowest BCUT2D eigenvalue weighted by Gasteiger charge is -2.16. The summed E-state index contributed by atoms with van der Waals surface area (Å²) in [6.07, 6.45) is -7.82. The van der Waals surface area contributed by atoms with Crippen molar-refractivity contribution < 1.29 is 31.1 Å². The number of carbonyl (C=O) groups is 1. The fourth-order valence-corrected chi connectivity index (χ4v) is 2.62. The Morgan fingerprint density at radius 3 is 2.31 bits per heavy atom. The molecule has 3 aromatic rings. The van der Waals surface area contributed by atoms with E-state index in [1.54, 1.807) is 0 Å². The zero-order valence-electron chi connectivity index (χ0n) is 12.9. The Morgan fingerprint density at radius 1 is 0.962 bits per heavy atom. The summed E-state index contributed by atoms with van der Waals surface area (Å²) >= 11 is 0. The van der Waals surface area contributed by atoms with E-state index < -0.39 is 23.5 Å². The van der Waals surface area contributed by atoms with Crippen LogP contribution < -0.4 is 0 Å². The minimum absolute atomic E-state index is 0.103. The number of nitrogens with zero attached hydrogens (tertiary/aromatic N) is 2. The normalized spacial score (nSPS) is 12.5. The molecule has 3 nitrogen and oxygen atoms in total. The van der Waals surface area contributed by atoms with Crippen molar-refractivity contribution in [3.05, 3.63) is 64.8 Å². The monoisotopic (exact) mass is 372 g/mol. The maximum absolute atomic E-state index is 13.2. The first-order valence-electron chi connectivity index (χ1n) is 7.27. The van der Waals surface area contributed by atoms with Gasteiger partial charge in [0.25, 0.3) is 0 Å². The fraction of sp³-hybridized carbons (Fsp3) is 0.176. The third-order valence-electron chi connectivity index (χ3n) is 3.86. The van der Waals surface area contributed by atoms with Crippen LogP contribution in [0.4, 0.5) is 26.3 Å². The Balaban J connectivity index is 2.06. The Hall–Kier alpha value is -2.84. The summed E-state index contributed by atoms with van der Waals surface area (Å²) in [7, 11) is 0.